The summed E-state index contributed by atoms with van der Waals surface area (Å²) in [7, 11) is 2.11. The fourth-order valence-electron chi connectivity index (χ4n) is 4.01. The molecule has 3 heterocycles. The van der Waals surface area contributed by atoms with Crippen molar-refractivity contribution in [2.75, 3.05) is 32.5 Å². The summed E-state index contributed by atoms with van der Waals surface area (Å²) in [5, 5.41) is 9.94. The summed E-state index contributed by atoms with van der Waals surface area (Å²) in [6, 6.07) is 9.05. The first-order valence-corrected chi connectivity index (χ1v) is 9.50. The van der Waals surface area contributed by atoms with Gasteiger partial charge in [-0.1, -0.05) is 18.7 Å². The van der Waals surface area contributed by atoms with Gasteiger partial charge in [0.15, 0.2) is 0 Å². The lowest BCUT2D eigenvalue weighted by atomic mass is 9.86. The first kappa shape index (κ1) is 20.7. The number of ether oxygens (including phenoxy) is 1. The number of phenolic OH excluding ortho intramolecular Hbond substituents is 1. The van der Waals surface area contributed by atoms with E-state index in [1.54, 1.807) is 24.3 Å². The van der Waals surface area contributed by atoms with Crippen molar-refractivity contribution < 1.29 is 14.6 Å². The van der Waals surface area contributed by atoms with Crippen molar-refractivity contribution in [3.05, 3.63) is 59.8 Å². The van der Waals surface area contributed by atoms with E-state index in [4.69, 9.17) is 21.0 Å². The number of phenols is 1. The van der Waals surface area contributed by atoms with Crippen LogP contribution in [0.1, 0.15) is 29.2 Å². The summed E-state index contributed by atoms with van der Waals surface area (Å²) in [5.41, 5.74) is 15.3. The first-order chi connectivity index (χ1) is 13.9. The number of aromatic hydroxyl groups is 1. The van der Waals surface area contributed by atoms with Crippen molar-refractivity contribution >= 4 is 23.9 Å². The molecule has 1 atom stereocenters. The van der Waals surface area contributed by atoms with Crippen LogP contribution in [-0.2, 0) is 9.53 Å². The maximum absolute atomic E-state index is 9.94. The van der Waals surface area contributed by atoms with Gasteiger partial charge in [-0.25, -0.2) is 0 Å². The van der Waals surface area contributed by atoms with Gasteiger partial charge in [0.2, 0.25) is 0 Å². The number of hydrogen-bond acceptors (Lipinski definition) is 6. The molecule has 0 radical (unpaired) electrons. The number of carbonyl (C=O) groups is 1. The molecule has 1 aromatic carbocycles. The van der Waals surface area contributed by atoms with Crippen LogP contribution in [0.4, 0.5) is 5.82 Å². The van der Waals surface area contributed by atoms with Gasteiger partial charge < -0.3 is 31.2 Å². The molecule has 2 saturated heterocycles. The first-order valence-electron chi connectivity index (χ1n) is 9.50. The smallest absolute Gasteiger partial charge is 0.142 e. The molecule has 7 nitrogen and oxygen atoms in total. The van der Waals surface area contributed by atoms with E-state index in [9.17, 15) is 5.11 Å². The summed E-state index contributed by atoms with van der Waals surface area (Å²) in [6.07, 6.45) is 4.64. The van der Waals surface area contributed by atoms with Gasteiger partial charge in [-0.05, 0) is 43.8 Å². The minimum absolute atomic E-state index is 0.0180. The Morgan fingerprint density at radius 1 is 1.41 bits per heavy atom. The van der Waals surface area contributed by atoms with Crippen LogP contribution < -0.4 is 11.5 Å². The van der Waals surface area contributed by atoms with E-state index in [2.05, 4.69) is 23.5 Å². The van der Waals surface area contributed by atoms with E-state index in [1.807, 2.05) is 12.1 Å². The van der Waals surface area contributed by atoms with Gasteiger partial charge in [-0.3, -0.25) is 4.79 Å². The molecule has 1 unspecified atom stereocenters. The zero-order chi connectivity index (χ0) is 21.0. The van der Waals surface area contributed by atoms with Crippen molar-refractivity contribution in [1.82, 2.24) is 9.88 Å². The number of nitrogens with two attached hydrogens (primary N) is 2. The Morgan fingerprint density at radius 2 is 2.10 bits per heavy atom. The largest absolute Gasteiger partial charge is 0.507 e. The van der Waals surface area contributed by atoms with Crippen LogP contribution in [0.15, 0.2) is 43.0 Å². The number of nitrogens with one attached hydrogen (secondary N) is 1. The predicted molar refractivity (Wildman–Crippen MR) is 115 cm³/mol. The van der Waals surface area contributed by atoms with Crippen LogP contribution in [0.25, 0.3) is 11.8 Å². The normalized spacial score (nSPS) is 20.6. The average Bonchev–Trinajstić information content (AvgIpc) is 3.27. The van der Waals surface area contributed by atoms with Crippen LogP contribution in [0, 0.1) is 0 Å². The molecule has 2 fully saturated rings. The number of rotatable bonds is 4. The third kappa shape index (κ3) is 4.52. The van der Waals surface area contributed by atoms with Crippen LogP contribution in [0.2, 0.25) is 0 Å². The molecule has 1 spiro atoms. The molecule has 29 heavy (non-hydrogen) atoms. The number of benzene rings is 1. The van der Waals surface area contributed by atoms with Gasteiger partial charge in [-0.15, -0.1) is 0 Å². The highest BCUT2D eigenvalue weighted by Crippen LogP contribution is 2.42. The Hall–Kier alpha value is -3.03. The fourth-order valence-corrected chi connectivity index (χ4v) is 4.01. The van der Waals surface area contributed by atoms with Gasteiger partial charge in [0.25, 0.3) is 0 Å². The Labute approximate surface area is 170 Å². The van der Waals surface area contributed by atoms with E-state index in [0.29, 0.717) is 35.9 Å². The zero-order valence-corrected chi connectivity index (χ0v) is 16.6. The molecular weight excluding hydrogens is 368 g/mol. The molecule has 6 N–H and O–H groups in total. The SMILES string of the molecule is C=CC=O.CN1CC2(CC(c3cc(/C=C(\N)c4ccccc4O)c(N)[nH]3)CO2)C1. The van der Waals surface area contributed by atoms with Crippen LogP contribution in [-0.4, -0.2) is 53.6 Å². The number of hydrogen-bond donors (Lipinski definition) is 4. The molecule has 0 aliphatic carbocycles. The summed E-state index contributed by atoms with van der Waals surface area (Å²) >= 11 is 0. The summed E-state index contributed by atoms with van der Waals surface area (Å²) in [4.78, 5) is 14.6. The average molecular weight is 396 g/mol. The Kier molecular flexibility index (Phi) is 6.10. The molecule has 0 bridgehead atoms. The molecule has 0 saturated carbocycles. The highest BCUT2D eigenvalue weighted by atomic mass is 16.5. The van der Waals surface area contributed by atoms with Gasteiger partial charge in [0.1, 0.15) is 17.9 Å². The fraction of sp³-hybridized carbons (Fsp3) is 0.318. The molecule has 2 aliphatic heterocycles. The number of aromatic amines is 1. The summed E-state index contributed by atoms with van der Waals surface area (Å²) in [6.45, 7) is 5.81. The van der Waals surface area contributed by atoms with Crippen molar-refractivity contribution in [3.8, 4) is 5.75 Å². The van der Waals surface area contributed by atoms with Crippen LogP contribution >= 0.6 is 0 Å². The van der Waals surface area contributed by atoms with E-state index in [1.165, 1.54) is 6.08 Å². The molecule has 154 valence electrons. The second-order valence-electron chi connectivity index (χ2n) is 7.65. The number of aldehydes is 1. The number of para-hydroxylation sites is 1. The quantitative estimate of drug-likeness (QED) is 0.465. The highest BCUT2D eigenvalue weighted by Gasteiger charge is 2.48. The number of nitrogen functional groups attached to an aromatic ring is 1. The molecule has 4 rings (SSSR count). The lowest BCUT2D eigenvalue weighted by Crippen LogP contribution is -2.59. The number of aromatic nitrogens is 1. The Balaban J connectivity index is 0.000000552. The van der Waals surface area contributed by atoms with Crippen molar-refractivity contribution in [3.63, 3.8) is 0 Å². The number of anilines is 1. The second-order valence-corrected chi connectivity index (χ2v) is 7.65. The summed E-state index contributed by atoms with van der Waals surface area (Å²) < 4.78 is 6.05. The number of H-pyrrole nitrogens is 1. The standard InChI is InChI=1S/C19H24N4O2.C3H4O/c1-23-10-19(11-23)8-13(9-25-19)16-7-12(18(21)22-16)6-15(20)14-4-2-3-5-17(14)24;1-2-3-4/h2-7,13,22,24H,8-11,20-21H2,1H3;2-3H,1H2/b15-6-;. The van der Waals surface area contributed by atoms with E-state index >= 15 is 0 Å². The van der Waals surface area contributed by atoms with Gasteiger partial charge in [-0.2, -0.15) is 0 Å². The van der Waals surface area contributed by atoms with Gasteiger partial charge in [0.05, 0.1) is 12.2 Å². The minimum atomic E-state index is 0.0180. The third-order valence-corrected chi connectivity index (χ3v) is 5.29. The molecule has 2 aromatic rings. The monoisotopic (exact) mass is 396 g/mol. The van der Waals surface area contributed by atoms with Crippen molar-refractivity contribution in [2.24, 2.45) is 5.73 Å². The van der Waals surface area contributed by atoms with Crippen LogP contribution in [0.3, 0.4) is 0 Å². The number of allylic oxidation sites excluding steroid dienone is 1. The van der Waals surface area contributed by atoms with Crippen molar-refractivity contribution in [1.29, 1.82) is 0 Å². The second kappa shape index (κ2) is 8.55. The number of nitrogens with zero attached hydrogens (tertiary/aromatic N) is 1. The molecule has 1 aromatic heterocycles. The topological polar surface area (TPSA) is 118 Å². The predicted octanol–water partition coefficient (Wildman–Crippen LogP) is 2.32. The number of carbonyl (C=O) groups excluding carboxylic acids is 1. The lowest BCUT2D eigenvalue weighted by molar-refractivity contribution is -0.104. The maximum Gasteiger partial charge on any atom is 0.142 e. The van der Waals surface area contributed by atoms with Crippen molar-refractivity contribution in [2.45, 2.75) is 17.9 Å². The van der Waals surface area contributed by atoms with E-state index < -0.39 is 0 Å². The molecule has 2 aliphatic rings. The molecular formula is C22H28N4O3. The van der Waals surface area contributed by atoms with Crippen LogP contribution in [0.5, 0.6) is 5.75 Å². The summed E-state index contributed by atoms with van der Waals surface area (Å²) in [5.74, 6) is 1.07. The van der Waals surface area contributed by atoms with E-state index in [0.717, 1.165) is 30.8 Å². The molecule has 7 heteroatoms. The Bertz CT molecular complexity index is 907. The lowest BCUT2D eigenvalue weighted by Gasteiger charge is -2.45. The van der Waals surface area contributed by atoms with Gasteiger partial charge >= 0.3 is 0 Å². The minimum Gasteiger partial charge on any atom is -0.507 e. The Morgan fingerprint density at radius 3 is 2.72 bits per heavy atom. The van der Waals surface area contributed by atoms with Gasteiger partial charge in [0, 0.05) is 41.5 Å². The molecule has 0 amide bonds. The van der Waals surface area contributed by atoms with E-state index in [-0.39, 0.29) is 11.4 Å². The number of likely N-dealkylation sites (N-methyl/N-ethyl adjacent to an activating group) is 1. The maximum atomic E-state index is 9.94. The zero-order valence-electron chi connectivity index (χ0n) is 16.6. The number of likely N-dealkylation sites (tertiary alicyclic amines) is 1. The highest BCUT2D eigenvalue weighted by molar-refractivity contribution is 5.84. The third-order valence-electron chi connectivity index (χ3n) is 5.29.